The zero-order chi connectivity index (χ0) is 15.8. The number of nitrogens with zero attached hydrogens (tertiary/aromatic N) is 2. The Bertz CT molecular complexity index is 509. The number of pyridine rings is 1. The topological polar surface area (TPSA) is 124 Å². The lowest BCUT2D eigenvalue weighted by atomic mass is 10.0. The van der Waals surface area contributed by atoms with Crippen molar-refractivity contribution in [2.24, 2.45) is 10.9 Å². The summed E-state index contributed by atoms with van der Waals surface area (Å²) in [5.74, 6) is -2.86. The molecule has 1 aromatic heterocycles. The largest absolute Gasteiger partial charge is 0.465 e. The molecule has 0 amide bonds. The summed E-state index contributed by atoms with van der Waals surface area (Å²) >= 11 is 0. The smallest absolute Gasteiger partial charge is 0.326 e. The molecule has 0 atom stereocenters. The second-order valence-corrected chi connectivity index (χ2v) is 3.89. The van der Waals surface area contributed by atoms with Crippen molar-refractivity contribution in [1.82, 2.24) is 4.98 Å². The molecule has 0 aliphatic carbocycles. The fraction of sp³-hybridized carbons (Fsp3) is 0.385. The predicted molar refractivity (Wildman–Crippen MR) is 72.8 cm³/mol. The number of hydrogen-bond acceptors (Lipinski definition) is 7. The van der Waals surface area contributed by atoms with Gasteiger partial charge in [0.2, 0.25) is 0 Å². The number of aromatic nitrogens is 1. The standard InChI is InChI=1S/C13H17N3O5/c1-3-20-12(17)10(13(18)21-4-2)9-6-5-8(7-15-9)11(14)16-19/h5-7,10,19H,3-4H2,1-2H3,(H2,14,16). The molecule has 114 valence electrons. The number of oxime groups is 1. The monoisotopic (exact) mass is 295 g/mol. The Kier molecular flexibility index (Phi) is 6.12. The van der Waals surface area contributed by atoms with Crippen LogP contribution in [-0.2, 0) is 19.1 Å². The van der Waals surface area contributed by atoms with Gasteiger partial charge in [-0.3, -0.25) is 14.6 Å². The maximum absolute atomic E-state index is 11.9. The highest BCUT2D eigenvalue weighted by Crippen LogP contribution is 2.18. The van der Waals surface area contributed by atoms with Gasteiger partial charge in [-0.2, -0.15) is 0 Å². The first-order valence-electron chi connectivity index (χ1n) is 6.32. The van der Waals surface area contributed by atoms with Crippen LogP contribution in [0.1, 0.15) is 31.0 Å². The molecule has 1 heterocycles. The van der Waals surface area contributed by atoms with E-state index in [-0.39, 0.29) is 24.7 Å². The van der Waals surface area contributed by atoms with E-state index in [0.29, 0.717) is 5.56 Å². The van der Waals surface area contributed by atoms with Crippen LogP contribution >= 0.6 is 0 Å². The molecule has 0 radical (unpaired) electrons. The van der Waals surface area contributed by atoms with Crippen molar-refractivity contribution in [1.29, 1.82) is 0 Å². The van der Waals surface area contributed by atoms with Crippen molar-refractivity contribution in [2.75, 3.05) is 13.2 Å². The normalized spacial score (nSPS) is 11.3. The van der Waals surface area contributed by atoms with Gasteiger partial charge in [-0.15, -0.1) is 0 Å². The first-order valence-corrected chi connectivity index (χ1v) is 6.32. The number of nitrogens with two attached hydrogens (primary N) is 1. The van der Waals surface area contributed by atoms with E-state index < -0.39 is 17.9 Å². The summed E-state index contributed by atoms with van der Waals surface area (Å²) in [6.45, 7) is 3.54. The molecular weight excluding hydrogens is 278 g/mol. The third-order valence-corrected chi connectivity index (χ3v) is 2.53. The molecule has 1 aromatic rings. The van der Waals surface area contributed by atoms with Crippen molar-refractivity contribution in [3.05, 3.63) is 29.6 Å². The number of ether oxygens (including phenoxy) is 2. The zero-order valence-electron chi connectivity index (χ0n) is 11.8. The Morgan fingerprint density at radius 2 is 1.86 bits per heavy atom. The molecule has 8 nitrogen and oxygen atoms in total. The summed E-state index contributed by atoms with van der Waals surface area (Å²) in [7, 11) is 0. The average molecular weight is 295 g/mol. The molecule has 3 N–H and O–H groups in total. The Hall–Kier alpha value is -2.64. The second kappa shape index (κ2) is 7.83. The van der Waals surface area contributed by atoms with Crippen LogP contribution in [0.5, 0.6) is 0 Å². The fourth-order valence-corrected chi connectivity index (χ4v) is 1.57. The van der Waals surface area contributed by atoms with E-state index in [0.717, 1.165) is 0 Å². The van der Waals surface area contributed by atoms with Gasteiger partial charge in [-0.25, -0.2) is 0 Å². The first kappa shape index (κ1) is 16.4. The molecule has 0 bridgehead atoms. The highest BCUT2D eigenvalue weighted by Gasteiger charge is 2.32. The number of rotatable bonds is 6. The maximum atomic E-state index is 11.9. The minimum Gasteiger partial charge on any atom is -0.465 e. The van der Waals surface area contributed by atoms with Crippen LogP contribution in [0.4, 0.5) is 0 Å². The molecule has 1 rings (SSSR count). The molecule has 0 saturated carbocycles. The van der Waals surface area contributed by atoms with Crippen LogP contribution < -0.4 is 5.73 Å². The van der Waals surface area contributed by atoms with Gasteiger partial charge in [-0.05, 0) is 26.0 Å². The van der Waals surface area contributed by atoms with Gasteiger partial charge in [0.05, 0.1) is 18.9 Å². The van der Waals surface area contributed by atoms with Gasteiger partial charge in [0.15, 0.2) is 11.8 Å². The lowest BCUT2D eigenvalue weighted by Crippen LogP contribution is -2.27. The minimum absolute atomic E-state index is 0.127. The highest BCUT2D eigenvalue weighted by atomic mass is 16.6. The third kappa shape index (κ3) is 4.16. The number of hydrogen-bond donors (Lipinski definition) is 2. The quantitative estimate of drug-likeness (QED) is 0.194. The van der Waals surface area contributed by atoms with E-state index in [1.807, 2.05) is 0 Å². The van der Waals surface area contributed by atoms with Crippen molar-refractivity contribution < 1.29 is 24.3 Å². The van der Waals surface area contributed by atoms with E-state index in [4.69, 9.17) is 20.4 Å². The molecular formula is C13H17N3O5. The first-order chi connectivity index (χ1) is 10.0. The predicted octanol–water partition coefficient (Wildman–Crippen LogP) is 0.386. The SMILES string of the molecule is CCOC(=O)C(C(=O)OCC)c1ccc(C(N)=NO)cn1. The lowest BCUT2D eigenvalue weighted by Gasteiger charge is -2.14. The van der Waals surface area contributed by atoms with Crippen molar-refractivity contribution >= 4 is 17.8 Å². The van der Waals surface area contributed by atoms with Crippen LogP contribution in [0.3, 0.4) is 0 Å². The molecule has 0 aromatic carbocycles. The van der Waals surface area contributed by atoms with Crippen molar-refractivity contribution in [3.8, 4) is 0 Å². The van der Waals surface area contributed by atoms with E-state index in [2.05, 4.69) is 10.1 Å². The Morgan fingerprint density at radius 3 is 2.24 bits per heavy atom. The average Bonchev–Trinajstić information content (AvgIpc) is 2.48. The van der Waals surface area contributed by atoms with Crippen LogP contribution in [0.25, 0.3) is 0 Å². The fourth-order valence-electron chi connectivity index (χ4n) is 1.57. The van der Waals surface area contributed by atoms with Crippen LogP contribution in [0.15, 0.2) is 23.5 Å². The molecule has 8 heteroatoms. The van der Waals surface area contributed by atoms with E-state index >= 15 is 0 Å². The number of carbonyl (C=O) groups is 2. The molecule has 0 unspecified atom stereocenters. The van der Waals surface area contributed by atoms with Crippen LogP contribution in [0, 0.1) is 0 Å². The molecule has 0 fully saturated rings. The van der Waals surface area contributed by atoms with Crippen molar-refractivity contribution in [2.45, 2.75) is 19.8 Å². The van der Waals surface area contributed by atoms with E-state index in [1.165, 1.54) is 18.3 Å². The van der Waals surface area contributed by atoms with Crippen molar-refractivity contribution in [3.63, 3.8) is 0 Å². The second-order valence-electron chi connectivity index (χ2n) is 3.89. The van der Waals surface area contributed by atoms with Gasteiger partial charge >= 0.3 is 11.9 Å². The Labute approximate surface area is 121 Å². The lowest BCUT2D eigenvalue weighted by molar-refractivity contribution is -0.157. The number of carbonyl (C=O) groups excluding carboxylic acids is 2. The highest BCUT2D eigenvalue weighted by molar-refractivity contribution is 6.01. The maximum Gasteiger partial charge on any atom is 0.326 e. The third-order valence-electron chi connectivity index (χ3n) is 2.53. The number of esters is 2. The summed E-state index contributed by atoms with van der Waals surface area (Å²) in [6.07, 6.45) is 1.29. The summed E-state index contributed by atoms with van der Waals surface area (Å²) in [5, 5.41) is 11.4. The van der Waals surface area contributed by atoms with E-state index in [9.17, 15) is 9.59 Å². The van der Waals surface area contributed by atoms with Gasteiger partial charge in [0.25, 0.3) is 0 Å². The molecule has 0 spiro atoms. The Morgan fingerprint density at radius 1 is 1.29 bits per heavy atom. The molecule has 0 saturated heterocycles. The molecule has 0 aliphatic rings. The summed E-state index contributed by atoms with van der Waals surface area (Å²) in [4.78, 5) is 27.7. The van der Waals surface area contributed by atoms with Crippen LogP contribution in [0.2, 0.25) is 0 Å². The molecule has 21 heavy (non-hydrogen) atoms. The molecule has 0 aliphatic heterocycles. The number of amidine groups is 1. The zero-order valence-corrected chi connectivity index (χ0v) is 11.8. The minimum atomic E-state index is -1.26. The van der Waals surface area contributed by atoms with E-state index in [1.54, 1.807) is 13.8 Å². The summed E-state index contributed by atoms with van der Waals surface area (Å²) in [6, 6.07) is 2.90. The summed E-state index contributed by atoms with van der Waals surface area (Å²) < 4.78 is 9.71. The van der Waals surface area contributed by atoms with Gasteiger partial charge in [0.1, 0.15) is 0 Å². The van der Waals surface area contributed by atoms with Crippen LogP contribution in [-0.4, -0.2) is 41.2 Å². The summed E-state index contributed by atoms with van der Waals surface area (Å²) in [5.41, 5.74) is 5.93. The van der Waals surface area contributed by atoms with Gasteiger partial charge in [0, 0.05) is 11.8 Å². The van der Waals surface area contributed by atoms with Gasteiger partial charge in [-0.1, -0.05) is 5.16 Å². The van der Waals surface area contributed by atoms with Gasteiger partial charge < -0.3 is 20.4 Å². The Balaban J connectivity index is 3.08.